The number of anilines is 2. The number of nitrogen functional groups attached to an aromatic ring is 1. The van der Waals surface area contributed by atoms with Gasteiger partial charge in [0.25, 0.3) is 5.91 Å². The lowest BCUT2D eigenvalue weighted by Crippen LogP contribution is -2.25. The van der Waals surface area contributed by atoms with Gasteiger partial charge >= 0.3 is 0 Å². The van der Waals surface area contributed by atoms with Crippen molar-refractivity contribution in [3.63, 3.8) is 0 Å². The molecule has 2 rings (SSSR count). The van der Waals surface area contributed by atoms with Crippen LogP contribution in [-0.4, -0.2) is 40.6 Å². The van der Waals surface area contributed by atoms with E-state index in [1.165, 1.54) is 11.3 Å². The number of aromatic nitrogens is 3. The molecule has 0 aromatic carbocycles. The van der Waals surface area contributed by atoms with Crippen LogP contribution in [0.4, 0.5) is 10.9 Å². The molecule has 0 fully saturated rings. The van der Waals surface area contributed by atoms with Crippen LogP contribution in [-0.2, 0) is 6.54 Å². The Hall–Kier alpha value is -2.09. The normalized spacial score (nSPS) is 10.6. The number of thiazole rings is 1. The van der Waals surface area contributed by atoms with Crippen LogP contribution in [0.3, 0.4) is 0 Å². The van der Waals surface area contributed by atoms with Gasteiger partial charge < -0.3 is 20.5 Å². The van der Waals surface area contributed by atoms with E-state index in [-0.39, 0.29) is 5.91 Å². The van der Waals surface area contributed by atoms with E-state index in [4.69, 9.17) is 5.73 Å². The summed E-state index contributed by atoms with van der Waals surface area (Å²) >= 11 is 1.32. The van der Waals surface area contributed by atoms with Crippen LogP contribution in [0.2, 0.25) is 0 Å². The fraction of sp³-hybridized carbons (Fsp3) is 0.462. The van der Waals surface area contributed by atoms with Crippen molar-refractivity contribution in [3.8, 4) is 0 Å². The number of amides is 1. The van der Waals surface area contributed by atoms with Gasteiger partial charge in [0.2, 0.25) is 0 Å². The van der Waals surface area contributed by atoms with Crippen molar-refractivity contribution in [2.24, 2.45) is 0 Å². The third-order valence-electron chi connectivity index (χ3n) is 3.09. The van der Waals surface area contributed by atoms with Crippen molar-refractivity contribution < 1.29 is 4.79 Å². The van der Waals surface area contributed by atoms with Crippen molar-refractivity contribution in [3.05, 3.63) is 23.6 Å². The highest BCUT2D eigenvalue weighted by atomic mass is 32.1. The van der Waals surface area contributed by atoms with E-state index < -0.39 is 0 Å². The van der Waals surface area contributed by atoms with Crippen LogP contribution in [0.5, 0.6) is 0 Å². The first-order valence-corrected chi connectivity index (χ1v) is 7.64. The highest BCUT2D eigenvalue weighted by Gasteiger charge is 2.17. The molecule has 2 aromatic heterocycles. The molecule has 21 heavy (non-hydrogen) atoms. The van der Waals surface area contributed by atoms with Crippen molar-refractivity contribution in [1.82, 2.24) is 19.9 Å². The summed E-state index contributed by atoms with van der Waals surface area (Å²) in [4.78, 5) is 22.7. The Labute approximate surface area is 127 Å². The van der Waals surface area contributed by atoms with Gasteiger partial charge in [0.1, 0.15) is 10.7 Å². The molecule has 0 aliphatic carbocycles. The van der Waals surface area contributed by atoms with Gasteiger partial charge in [0.15, 0.2) is 5.13 Å². The minimum atomic E-state index is -0.161. The van der Waals surface area contributed by atoms with Crippen LogP contribution in [0.15, 0.2) is 18.7 Å². The number of nitrogens with zero attached hydrogens (tertiary/aromatic N) is 4. The lowest BCUT2D eigenvalue weighted by Gasteiger charge is -2.10. The highest BCUT2D eigenvalue weighted by molar-refractivity contribution is 7.18. The zero-order valence-electron chi connectivity index (χ0n) is 12.2. The number of carbonyl (C=O) groups is 1. The number of imidazole rings is 1. The SMILES string of the molecule is CCN(C)c1nc(N)c(C(=O)NCCCn2ccnc2)s1. The number of rotatable bonds is 7. The number of nitrogens with one attached hydrogen (secondary N) is 1. The lowest BCUT2D eigenvalue weighted by atomic mass is 10.4. The van der Waals surface area contributed by atoms with Crippen LogP contribution in [0.1, 0.15) is 23.0 Å². The molecule has 114 valence electrons. The average Bonchev–Trinajstić information content (AvgIpc) is 3.12. The zero-order chi connectivity index (χ0) is 15.2. The summed E-state index contributed by atoms with van der Waals surface area (Å²) in [5.74, 6) is 0.133. The first-order chi connectivity index (χ1) is 10.1. The molecule has 8 heteroatoms. The van der Waals surface area contributed by atoms with Crippen molar-refractivity contribution in [2.75, 3.05) is 30.8 Å². The standard InChI is InChI=1S/C13H20N6OS/c1-3-18(2)13-17-11(14)10(21-13)12(20)16-5-4-7-19-8-6-15-9-19/h6,8-9H,3-5,7,14H2,1-2H3,(H,16,20). The molecule has 0 atom stereocenters. The molecule has 0 aliphatic rings. The number of hydrogen-bond donors (Lipinski definition) is 2. The molecule has 0 spiro atoms. The van der Waals surface area contributed by atoms with Crippen molar-refractivity contribution in [1.29, 1.82) is 0 Å². The highest BCUT2D eigenvalue weighted by Crippen LogP contribution is 2.27. The largest absolute Gasteiger partial charge is 0.382 e. The average molecular weight is 308 g/mol. The molecule has 3 N–H and O–H groups in total. The van der Waals surface area contributed by atoms with Crippen molar-refractivity contribution >= 4 is 28.2 Å². The molecular formula is C13H20N6OS. The smallest absolute Gasteiger partial charge is 0.265 e. The summed E-state index contributed by atoms with van der Waals surface area (Å²) < 4.78 is 1.97. The summed E-state index contributed by atoms with van der Waals surface area (Å²) in [5.41, 5.74) is 5.82. The van der Waals surface area contributed by atoms with Gasteiger partial charge in [-0.15, -0.1) is 0 Å². The van der Waals surface area contributed by atoms with E-state index in [0.717, 1.165) is 24.6 Å². The second-order valence-corrected chi connectivity index (χ2v) is 5.61. The minimum absolute atomic E-state index is 0.161. The first kappa shape index (κ1) is 15.3. The van der Waals surface area contributed by atoms with Crippen LogP contribution in [0.25, 0.3) is 0 Å². The van der Waals surface area contributed by atoms with E-state index in [9.17, 15) is 4.79 Å². The van der Waals surface area contributed by atoms with E-state index in [1.807, 2.05) is 29.6 Å². The third-order valence-corrected chi connectivity index (χ3v) is 4.27. The second kappa shape index (κ2) is 7.07. The molecular weight excluding hydrogens is 288 g/mol. The third kappa shape index (κ3) is 3.94. The van der Waals surface area contributed by atoms with Gasteiger partial charge in [-0.25, -0.2) is 9.97 Å². The van der Waals surface area contributed by atoms with Gasteiger partial charge in [-0.05, 0) is 13.3 Å². The van der Waals surface area contributed by atoms with E-state index in [1.54, 1.807) is 12.5 Å². The van der Waals surface area contributed by atoms with Crippen LogP contribution in [0, 0.1) is 0 Å². The van der Waals surface area contributed by atoms with E-state index >= 15 is 0 Å². The summed E-state index contributed by atoms with van der Waals surface area (Å²) in [5, 5.41) is 3.63. The molecule has 0 bridgehead atoms. The van der Waals surface area contributed by atoms with Gasteiger partial charge in [-0.1, -0.05) is 11.3 Å². The maximum atomic E-state index is 12.1. The minimum Gasteiger partial charge on any atom is -0.382 e. The van der Waals surface area contributed by atoms with Gasteiger partial charge in [0, 0.05) is 39.1 Å². The van der Waals surface area contributed by atoms with Gasteiger partial charge in [-0.3, -0.25) is 4.79 Å². The fourth-order valence-electron chi connectivity index (χ4n) is 1.74. The summed E-state index contributed by atoms with van der Waals surface area (Å²) in [6.45, 7) is 4.25. The molecule has 0 saturated carbocycles. The Balaban J connectivity index is 1.84. The van der Waals surface area contributed by atoms with Crippen molar-refractivity contribution in [2.45, 2.75) is 19.9 Å². The Morgan fingerprint density at radius 1 is 1.57 bits per heavy atom. The van der Waals surface area contributed by atoms with Gasteiger partial charge in [-0.2, -0.15) is 0 Å². The molecule has 7 nitrogen and oxygen atoms in total. The van der Waals surface area contributed by atoms with Crippen LogP contribution < -0.4 is 16.0 Å². The zero-order valence-corrected chi connectivity index (χ0v) is 13.1. The number of hydrogen-bond acceptors (Lipinski definition) is 6. The predicted octanol–water partition coefficient (Wildman–Crippen LogP) is 1.20. The molecule has 0 aliphatic heterocycles. The molecule has 0 saturated heterocycles. The van der Waals surface area contributed by atoms with E-state index in [0.29, 0.717) is 17.2 Å². The summed E-state index contributed by atoms with van der Waals surface area (Å²) in [7, 11) is 1.92. The monoisotopic (exact) mass is 308 g/mol. The molecule has 0 unspecified atom stereocenters. The quantitative estimate of drug-likeness (QED) is 0.750. The first-order valence-electron chi connectivity index (χ1n) is 6.83. The Kier molecular flexibility index (Phi) is 5.15. The Bertz CT molecular complexity index is 580. The summed E-state index contributed by atoms with van der Waals surface area (Å²) in [6, 6.07) is 0. The molecule has 0 radical (unpaired) electrons. The Morgan fingerprint density at radius 3 is 3.05 bits per heavy atom. The van der Waals surface area contributed by atoms with E-state index in [2.05, 4.69) is 15.3 Å². The molecule has 2 aromatic rings. The Morgan fingerprint density at radius 2 is 2.38 bits per heavy atom. The lowest BCUT2D eigenvalue weighted by molar-refractivity contribution is 0.0957. The van der Waals surface area contributed by atoms with Crippen LogP contribution >= 0.6 is 11.3 Å². The van der Waals surface area contributed by atoms with Gasteiger partial charge in [0.05, 0.1) is 6.33 Å². The molecule has 2 heterocycles. The summed E-state index contributed by atoms with van der Waals surface area (Å²) in [6.07, 6.45) is 6.23. The second-order valence-electron chi connectivity index (χ2n) is 4.63. The molecule has 1 amide bonds. The maximum absolute atomic E-state index is 12.1. The predicted molar refractivity (Wildman–Crippen MR) is 84.6 cm³/mol. The fourth-order valence-corrected chi connectivity index (χ4v) is 2.67. The maximum Gasteiger partial charge on any atom is 0.265 e. The number of nitrogens with two attached hydrogens (primary N) is 1. The number of aryl methyl sites for hydroxylation is 1. The topological polar surface area (TPSA) is 89.1 Å². The number of carbonyl (C=O) groups excluding carboxylic acids is 1.